The van der Waals surface area contributed by atoms with Crippen LogP contribution >= 0.6 is 0 Å². The Morgan fingerprint density at radius 1 is 1.15 bits per heavy atom. The maximum atomic E-state index is 14.1. The quantitative estimate of drug-likeness (QED) is 0.220. The molecule has 1 saturated carbocycles. The van der Waals surface area contributed by atoms with Crippen molar-refractivity contribution < 1.29 is 59.1 Å². The van der Waals surface area contributed by atoms with Gasteiger partial charge in [-0.25, -0.2) is 17.2 Å². The largest absolute Gasteiger partial charge is 0.511 e. The molecule has 4 rings (SSSR count). The van der Waals surface area contributed by atoms with Crippen molar-refractivity contribution in [3.8, 4) is 5.75 Å². The maximum absolute atomic E-state index is 14.1. The lowest BCUT2D eigenvalue weighted by molar-refractivity contribution is -0.143. The molecule has 2 saturated heterocycles. The number of likely N-dealkylation sites (tertiary alicyclic amines) is 1. The summed E-state index contributed by atoms with van der Waals surface area (Å²) in [5.41, 5.74) is -6.20. The van der Waals surface area contributed by atoms with E-state index in [9.17, 15) is 54.3 Å². The summed E-state index contributed by atoms with van der Waals surface area (Å²) < 4.78 is 97.2. The molecule has 6 atom stereocenters. The van der Waals surface area contributed by atoms with Crippen LogP contribution in [0.3, 0.4) is 0 Å². The van der Waals surface area contributed by atoms with E-state index in [4.69, 9.17) is 4.74 Å². The number of sulfonamides is 1. The highest BCUT2D eigenvalue weighted by molar-refractivity contribution is 7.90. The number of rotatable bonds is 12. The van der Waals surface area contributed by atoms with E-state index < -0.39 is 117 Å². The smallest absolute Gasteiger partial charge is 0.483 e. The molecule has 254 valence electrons. The summed E-state index contributed by atoms with van der Waals surface area (Å²) in [4.78, 5) is 65.8. The first-order valence-electron chi connectivity index (χ1n) is 14.3. The minimum Gasteiger partial charge on any atom is -0.483 e. The van der Waals surface area contributed by atoms with Crippen molar-refractivity contribution in [3.63, 3.8) is 0 Å². The van der Waals surface area contributed by atoms with E-state index in [2.05, 4.69) is 10.6 Å². The van der Waals surface area contributed by atoms with E-state index >= 15 is 0 Å². The fourth-order valence-electron chi connectivity index (χ4n) is 6.15. The van der Waals surface area contributed by atoms with Crippen LogP contribution < -0.4 is 20.1 Å². The van der Waals surface area contributed by atoms with Crippen LogP contribution in [-0.4, -0.2) is 79.5 Å². The minimum atomic E-state index is -5.94. The van der Waals surface area contributed by atoms with Crippen LogP contribution in [0.2, 0.25) is 0 Å². The maximum Gasteiger partial charge on any atom is 0.511 e. The van der Waals surface area contributed by atoms with E-state index in [1.165, 1.54) is 18.6 Å². The molecule has 0 spiro atoms. The van der Waals surface area contributed by atoms with E-state index in [0.29, 0.717) is 6.07 Å². The first-order valence-corrected chi connectivity index (χ1v) is 15.8. The normalized spacial score (nSPS) is 25.1. The number of carbonyl (C=O) groups excluding carboxylic acids is 5. The molecule has 4 amide bonds. The summed E-state index contributed by atoms with van der Waals surface area (Å²) in [6, 6.07) is -2.40. The van der Waals surface area contributed by atoms with Gasteiger partial charge >= 0.3 is 15.5 Å². The molecule has 2 heterocycles. The second-order valence-electron chi connectivity index (χ2n) is 12.6. The lowest BCUT2D eigenvalue weighted by Crippen LogP contribution is -2.59. The third kappa shape index (κ3) is 7.01. The van der Waals surface area contributed by atoms with Crippen molar-refractivity contribution in [3.05, 3.63) is 29.8 Å². The molecule has 46 heavy (non-hydrogen) atoms. The van der Waals surface area contributed by atoms with E-state index in [1.54, 1.807) is 13.8 Å². The summed E-state index contributed by atoms with van der Waals surface area (Å²) in [6.45, 7) is 5.32. The number of hydrogen-bond donors (Lipinski definition) is 3. The van der Waals surface area contributed by atoms with Crippen LogP contribution in [0, 0.1) is 40.7 Å². The molecule has 18 heteroatoms. The van der Waals surface area contributed by atoms with Crippen molar-refractivity contribution in [2.75, 3.05) is 13.2 Å². The van der Waals surface area contributed by atoms with Gasteiger partial charge in [0.15, 0.2) is 17.3 Å². The molecular weight excluding hydrogens is 647 g/mol. The molecule has 0 radical (unpaired) electrons. The third-order valence-electron chi connectivity index (χ3n) is 8.83. The van der Waals surface area contributed by atoms with E-state index in [1.807, 2.05) is 0 Å². The van der Waals surface area contributed by atoms with Gasteiger partial charge in [0, 0.05) is 24.9 Å². The van der Waals surface area contributed by atoms with Gasteiger partial charge in [-0.15, -0.1) is 0 Å². The van der Waals surface area contributed by atoms with Gasteiger partial charge in [0.05, 0.1) is 6.04 Å². The highest BCUT2D eigenvalue weighted by atomic mass is 32.2. The fourth-order valence-corrected chi connectivity index (χ4v) is 6.99. The van der Waals surface area contributed by atoms with Crippen LogP contribution in [0.5, 0.6) is 5.75 Å². The molecule has 2 aliphatic heterocycles. The van der Waals surface area contributed by atoms with Gasteiger partial charge < -0.3 is 15.0 Å². The first kappa shape index (κ1) is 35.2. The zero-order valence-corrected chi connectivity index (χ0v) is 25.9. The lowest BCUT2D eigenvalue weighted by Gasteiger charge is -2.35. The van der Waals surface area contributed by atoms with E-state index in [-0.39, 0.29) is 18.9 Å². The van der Waals surface area contributed by atoms with Crippen LogP contribution in [0.15, 0.2) is 18.2 Å². The standard InChI is InChI=1S/C28H33F5N4O8S/c1-12(2)22(36-46(43,44)28(31,32)33)26(42)37-10-15-21(27(15,3)4)23(37)25(41)34-17(7-13-8-20(39)35-24(13)40)18(38)11-45-19-6-5-14(29)9-16(19)30/h5-6,9,12-13,15,17,21-23,36H,7-8,10-11H2,1-4H3,(H,34,41)(H,35,39,40)/t13-,15+,17+,21+,22+,23+/m1/s1. The third-order valence-corrected chi connectivity index (χ3v) is 10.0. The molecule has 12 nitrogen and oxygen atoms in total. The number of carbonyl (C=O) groups is 5. The highest BCUT2D eigenvalue weighted by Gasteiger charge is 2.70. The lowest BCUT2D eigenvalue weighted by atomic mass is 9.94. The predicted molar refractivity (Wildman–Crippen MR) is 148 cm³/mol. The number of Topliss-reactive ketones (excluding diaryl/α,β-unsaturated/α-hetero) is 1. The van der Waals surface area contributed by atoms with Crippen LogP contribution in [0.1, 0.15) is 40.5 Å². The highest BCUT2D eigenvalue weighted by Crippen LogP contribution is 2.65. The Morgan fingerprint density at radius 2 is 1.80 bits per heavy atom. The summed E-state index contributed by atoms with van der Waals surface area (Å²) in [7, 11) is -5.94. The number of ketones is 1. The Hall–Kier alpha value is -3.67. The Bertz CT molecular complexity index is 1550. The second-order valence-corrected chi connectivity index (χ2v) is 14.3. The fraction of sp³-hybridized carbons (Fsp3) is 0.607. The van der Waals surface area contributed by atoms with Crippen molar-refractivity contribution in [1.29, 1.82) is 0 Å². The number of benzene rings is 1. The number of amides is 4. The van der Waals surface area contributed by atoms with Crippen LogP contribution in [-0.2, 0) is 34.0 Å². The topological polar surface area (TPSA) is 168 Å². The average molecular weight is 681 g/mol. The summed E-state index contributed by atoms with van der Waals surface area (Å²) >= 11 is 0. The summed E-state index contributed by atoms with van der Waals surface area (Å²) in [5.74, 6) is -9.49. The molecule has 0 aromatic heterocycles. The van der Waals surface area contributed by atoms with Gasteiger partial charge in [-0.2, -0.15) is 17.9 Å². The number of alkyl halides is 3. The molecule has 3 fully saturated rings. The number of nitrogens with one attached hydrogen (secondary N) is 3. The van der Waals surface area contributed by atoms with E-state index in [0.717, 1.165) is 17.0 Å². The molecule has 0 unspecified atom stereocenters. The number of piperidine rings is 1. The average Bonchev–Trinajstić information content (AvgIpc) is 3.22. The zero-order chi connectivity index (χ0) is 34.5. The molecule has 0 bridgehead atoms. The summed E-state index contributed by atoms with van der Waals surface area (Å²) in [5, 5.41) is 4.56. The monoisotopic (exact) mass is 680 g/mol. The van der Waals surface area contributed by atoms with Crippen molar-refractivity contribution in [2.24, 2.45) is 29.1 Å². The molecule has 1 aromatic rings. The van der Waals surface area contributed by atoms with Crippen molar-refractivity contribution >= 4 is 39.4 Å². The number of imide groups is 1. The van der Waals surface area contributed by atoms with Crippen LogP contribution in [0.4, 0.5) is 22.0 Å². The number of hydrogen-bond acceptors (Lipinski definition) is 8. The summed E-state index contributed by atoms with van der Waals surface area (Å²) in [6.07, 6.45) is -0.692. The second kappa shape index (κ2) is 12.5. The van der Waals surface area contributed by atoms with Gasteiger partial charge in [0.2, 0.25) is 23.6 Å². The first-order chi connectivity index (χ1) is 21.2. The Labute approximate surface area is 260 Å². The van der Waals surface area contributed by atoms with Gasteiger partial charge in [-0.1, -0.05) is 27.7 Å². The Morgan fingerprint density at radius 3 is 2.35 bits per heavy atom. The number of nitrogens with zero attached hydrogens (tertiary/aromatic N) is 1. The molecule has 3 aliphatic rings. The predicted octanol–water partition coefficient (Wildman–Crippen LogP) is 1.40. The van der Waals surface area contributed by atoms with Gasteiger partial charge in [0.25, 0.3) is 0 Å². The molecular formula is C28H33F5N4O8S. The Kier molecular flexibility index (Phi) is 9.56. The van der Waals surface area contributed by atoms with Gasteiger partial charge in [0.1, 0.15) is 24.5 Å². The van der Waals surface area contributed by atoms with Gasteiger partial charge in [-0.05, 0) is 41.7 Å². The minimum absolute atomic E-state index is 0.0867. The van der Waals surface area contributed by atoms with Crippen molar-refractivity contribution in [1.82, 2.24) is 20.3 Å². The zero-order valence-electron chi connectivity index (χ0n) is 25.1. The SMILES string of the molecule is CC(C)[C@H](NS(=O)(=O)C(F)(F)F)C(=O)N1C[C@H]2[C@@H]([C@H]1C(=O)N[C@@H](C[C@@H]1CC(=O)NC1=O)C(=O)COc1ccc(F)cc1F)C2(C)C. The van der Waals surface area contributed by atoms with Crippen molar-refractivity contribution in [2.45, 2.75) is 64.2 Å². The number of fused-ring (bicyclic) bond motifs is 1. The molecule has 1 aliphatic carbocycles. The van der Waals surface area contributed by atoms with Crippen LogP contribution in [0.25, 0.3) is 0 Å². The number of halogens is 5. The molecule has 3 N–H and O–H groups in total. The van der Waals surface area contributed by atoms with Gasteiger partial charge in [-0.3, -0.25) is 29.3 Å². The molecule has 1 aromatic carbocycles. The Balaban J connectivity index is 1.58. The number of ether oxygens (including phenoxy) is 1.